The molecular weight excluding hydrogens is 540 g/mol. The first-order chi connectivity index (χ1) is 18.9. The molecule has 1 fully saturated rings. The van der Waals surface area contributed by atoms with Gasteiger partial charge in [-0.2, -0.15) is 0 Å². The zero-order chi connectivity index (χ0) is 27.5. The van der Waals surface area contributed by atoms with Crippen molar-refractivity contribution in [2.75, 3.05) is 23.9 Å². The number of anilines is 2. The molecule has 0 radical (unpaired) electrons. The van der Waals surface area contributed by atoms with Gasteiger partial charge in [0.1, 0.15) is 12.6 Å². The molecule has 4 aromatic rings. The highest BCUT2D eigenvalue weighted by molar-refractivity contribution is 7.80. The summed E-state index contributed by atoms with van der Waals surface area (Å²) in [5.41, 5.74) is 3.36. The fourth-order valence-corrected chi connectivity index (χ4v) is 5.20. The number of nitro groups is 1. The van der Waals surface area contributed by atoms with E-state index in [0.29, 0.717) is 27.2 Å². The number of nitrogens with zero attached hydrogens (tertiary/aromatic N) is 4. The number of benzene rings is 2. The molecule has 0 aliphatic carbocycles. The van der Waals surface area contributed by atoms with E-state index in [1.807, 2.05) is 58.1 Å². The second-order valence-corrected chi connectivity index (χ2v) is 9.52. The summed E-state index contributed by atoms with van der Waals surface area (Å²) in [7, 11) is 1.44. The highest BCUT2D eigenvalue weighted by atomic mass is 35.5. The third-order valence-electron chi connectivity index (χ3n) is 6.28. The Labute approximate surface area is 234 Å². The summed E-state index contributed by atoms with van der Waals surface area (Å²) >= 11 is 12.4. The lowest BCUT2D eigenvalue weighted by Gasteiger charge is -2.29. The van der Waals surface area contributed by atoms with Crippen molar-refractivity contribution in [2.24, 2.45) is 0 Å². The van der Waals surface area contributed by atoms with Crippen LogP contribution in [0.5, 0.6) is 0 Å². The molecule has 2 N–H and O–H groups in total. The van der Waals surface area contributed by atoms with Gasteiger partial charge >= 0.3 is 0 Å². The number of amides is 1. The zero-order valence-corrected chi connectivity index (χ0v) is 22.2. The van der Waals surface area contributed by atoms with Gasteiger partial charge in [0.2, 0.25) is 5.91 Å². The highest BCUT2D eigenvalue weighted by Crippen LogP contribution is 2.43. The van der Waals surface area contributed by atoms with E-state index in [1.54, 1.807) is 24.4 Å². The molecular formula is C27H23ClN6O4S. The summed E-state index contributed by atoms with van der Waals surface area (Å²) in [6.45, 7) is -0.0965. The van der Waals surface area contributed by atoms with Crippen molar-refractivity contribution < 1.29 is 14.5 Å². The molecule has 1 amide bonds. The molecule has 1 aliphatic heterocycles. The summed E-state index contributed by atoms with van der Waals surface area (Å²) in [5, 5.41) is 18.4. The number of rotatable bonds is 8. The van der Waals surface area contributed by atoms with E-state index in [9.17, 15) is 14.9 Å². The fourth-order valence-electron chi connectivity index (χ4n) is 4.63. The summed E-state index contributed by atoms with van der Waals surface area (Å²) in [5.74, 6) is -0.326. The van der Waals surface area contributed by atoms with Gasteiger partial charge in [0.05, 0.1) is 33.1 Å². The number of halogens is 1. The predicted molar refractivity (Wildman–Crippen MR) is 152 cm³/mol. The molecule has 5 rings (SSSR count). The van der Waals surface area contributed by atoms with Crippen LogP contribution in [0, 0.1) is 10.1 Å². The van der Waals surface area contributed by atoms with Crippen LogP contribution < -0.4 is 15.5 Å². The van der Waals surface area contributed by atoms with E-state index in [-0.39, 0.29) is 24.2 Å². The van der Waals surface area contributed by atoms with E-state index in [0.717, 1.165) is 11.4 Å². The number of carbonyl (C=O) groups is 1. The van der Waals surface area contributed by atoms with Crippen molar-refractivity contribution in [1.29, 1.82) is 0 Å². The smallest absolute Gasteiger partial charge is 0.271 e. The fraction of sp³-hybridized carbons (Fsp3) is 0.148. The Bertz CT molecular complexity index is 1550. The molecule has 1 saturated heterocycles. The number of methoxy groups -OCH3 is 1. The average Bonchev–Trinajstić information content (AvgIpc) is 3.55. The van der Waals surface area contributed by atoms with Gasteiger partial charge in [0.15, 0.2) is 5.11 Å². The summed E-state index contributed by atoms with van der Waals surface area (Å²) in [6.07, 6.45) is 3.57. The predicted octanol–water partition coefficient (Wildman–Crippen LogP) is 5.20. The first-order valence-electron chi connectivity index (χ1n) is 11.9. The number of ether oxygens (including phenoxy) is 1. The van der Waals surface area contributed by atoms with Gasteiger partial charge in [-0.3, -0.25) is 19.9 Å². The summed E-state index contributed by atoms with van der Waals surface area (Å²) in [6, 6.07) is 20.4. The van der Waals surface area contributed by atoms with Crippen LogP contribution in [0.1, 0.15) is 23.5 Å². The highest BCUT2D eigenvalue weighted by Gasteiger charge is 2.42. The van der Waals surface area contributed by atoms with Gasteiger partial charge in [0.25, 0.3) is 5.69 Å². The molecule has 3 heterocycles. The zero-order valence-electron chi connectivity index (χ0n) is 20.7. The van der Waals surface area contributed by atoms with E-state index < -0.39 is 11.0 Å². The topological polar surface area (TPSA) is 115 Å². The van der Waals surface area contributed by atoms with Crippen molar-refractivity contribution in [3.8, 4) is 5.69 Å². The molecule has 198 valence electrons. The van der Waals surface area contributed by atoms with Crippen molar-refractivity contribution in [2.45, 2.75) is 12.1 Å². The number of hydrogen-bond acceptors (Lipinski definition) is 6. The molecule has 0 spiro atoms. The normalized spacial score (nSPS) is 16.7. The van der Waals surface area contributed by atoms with Crippen LogP contribution in [0.25, 0.3) is 5.69 Å². The van der Waals surface area contributed by atoms with Gasteiger partial charge in [-0.25, -0.2) is 0 Å². The molecule has 39 heavy (non-hydrogen) atoms. The number of hydrogen-bond donors (Lipinski definition) is 2. The average molecular weight is 563 g/mol. The van der Waals surface area contributed by atoms with Crippen molar-refractivity contribution in [3.05, 3.63) is 112 Å². The monoisotopic (exact) mass is 562 g/mol. The number of carbonyl (C=O) groups excluding carboxylic acids is 1. The van der Waals surface area contributed by atoms with Crippen LogP contribution in [-0.2, 0) is 9.53 Å². The molecule has 10 nitrogen and oxygen atoms in total. The quantitative estimate of drug-likeness (QED) is 0.171. The summed E-state index contributed by atoms with van der Waals surface area (Å²) in [4.78, 5) is 29.6. The number of pyridine rings is 1. The van der Waals surface area contributed by atoms with E-state index in [4.69, 9.17) is 28.6 Å². The Morgan fingerprint density at radius 2 is 2.00 bits per heavy atom. The molecule has 2 aromatic carbocycles. The van der Waals surface area contributed by atoms with Crippen LogP contribution in [-0.4, -0.2) is 39.2 Å². The first-order valence-corrected chi connectivity index (χ1v) is 12.7. The van der Waals surface area contributed by atoms with E-state index in [1.165, 1.54) is 19.2 Å². The van der Waals surface area contributed by atoms with Crippen LogP contribution in [0.3, 0.4) is 0 Å². The number of nitrogens with one attached hydrogen (secondary N) is 2. The Kier molecular flexibility index (Phi) is 7.55. The Morgan fingerprint density at radius 1 is 1.15 bits per heavy atom. The van der Waals surface area contributed by atoms with Gasteiger partial charge < -0.3 is 24.8 Å². The Morgan fingerprint density at radius 3 is 2.72 bits per heavy atom. The Hall–Kier alpha value is -4.32. The SMILES string of the molecule is COCC(=O)Nc1ccc(N2C(=S)N[C@@H](c3ccccn3)[C@@H]2c2cccn2-c2cccc([N+](=O)[O-])c2)cc1Cl. The standard InChI is InChI=1S/C27H23ClN6O4S/c1-38-16-24(35)30-21-11-10-18(15-20(21)28)33-26(25(31-27(33)39)22-8-2-3-12-29-22)23-9-5-13-32(23)17-6-4-7-19(14-17)34(36)37/h2-15,25-26H,16H2,1H3,(H,30,35)(H,31,39)/t25-,26-/m0/s1. The molecule has 0 unspecified atom stereocenters. The van der Waals surface area contributed by atoms with Gasteiger partial charge in [-0.1, -0.05) is 23.7 Å². The van der Waals surface area contributed by atoms with Crippen LogP contribution in [0.4, 0.5) is 17.1 Å². The maximum atomic E-state index is 12.0. The van der Waals surface area contributed by atoms with Crippen LogP contribution in [0.15, 0.2) is 85.2 Å². The lowest BCUT2D eigenvalue weighted by molar-refractivity contribution is -0.384. The Balaban J connectivity index is 1.60. The molecule has 2 atom stereocenters. The minimum Gasteiger partial charge on any atom is -0.375 e. The number of non-ortho nitro benzene ring substituents is 1. The van der Waals surface area contributed by atoms with E-state index in [2.05, 4.69) is 15.6 Å². The minimum absolute atomic E-state index is 0.0109. The molecule has 0 saturated carbocycles. The van der Waals surface area contributed by atoms with Crippen molar-refractivity contribution in [1.82, 2.24) is 14.9 Å². The van der Waals surface area contributed by atoms with Gasteiger partial charge in [0, 0.05) is 43.0 Å². The van der Waals surface area contributed by atoms with E-state index >= 15 is 0 Å². The molecule has 0 bridgehead atoms. The second-order valence-electron chi connectivity index (χ2n) is 8.72. The van der Waals surface area contributed by atoms with Crippen molar-refractivity contribution >= 4 is 51.9 Å². The number of nitro benzene ring substituents is 1. The number of aromatic nitrogens is 2. The third-order valence-corrected chi connectivity index (χ3v) is 6.91. The van der Waals surface area contributed by atoms with Crippen molar-refractivity contribution in [3.63, 3.8) is 0 Å². The second kappa shape index (κ2) is 11.2. The lowest BCUT2D eigenvalue weighted by Crippen LogP contribution is -2.30. The summed E-state index contributed by atoms with van der Waals surface area (Å²) < 4.78 is 6.78. The first kappa shape index (κ1) is 26.3. The maximum Gasteiger partial charge on any atom is 0.271 e. The maximum absolute atomic E-state index is 12.0. The largest absolute Gasteiger partial charge is 0.375 e. The molecule has 12 heteroatoms. The number of thiocarbonyl (C=S) groups is 1. The molecule has 2 aromatic heterocycles. The minimum atomic E-state index is -0.420. The van der Waals surface area contributed by atoms with Crippen LogP contribution >= 0.6 is 23.8 Å². The third kappa shape index (κ3) is 5.32. The van der Waals surface area contributed by atoms with Crippen LogP contribution in [0.2, 0.25) is 5.02 Å². The van der Waals surface area contributed by atoms with Gasteiger partial charge in [-0.15, -0.1) is 0 Å². The van der Waals surface area contributed by atoms with Gasteiger partial charge in [-0.05, 0) is 60.7 Å². The molecule has 1 aliphatic rings. The lowest BCUT2D eigenvalue weighted by atomic mass is 10.0.